The lowest BCUT2D eigenvalue weighted by molar-refractivity contribution is -0.183. The molecule has 0 atom stereocenters. The molecule has 2 nitrogen and oxygen atoms in total. The molecule has 0 radical (unpaired) electrons. The Balaban J connectivity index is 2.29. The van der Waals surface area contributed by atoms with E-state index in [4.69, 9.17) is 9.53 Å². The molecule has 0 spiro atoms. The summed E-state index contributed by atoms with van der Waals surface area (Å²) in [6, 6.07) is 9.94. The van der Waals surface area contributed by atoms with Gasteiger partial charge in [0.15, 0.2) is 5.76 Å². The molecule has 0 amide bonds. The lowest BCUT2D eigenvalue weighted by Gasteiger charge is -1.98. The van der Waals surface area contributed by atoms with E-state index in [1.54, 1.807) is 0 Å². The van der Waals surface area contributed by atoms with Crippen LogP contribution in [-0.4, -0.2) is 10.9 Å². The van der Waals surface area contributed by atoms with Crippen molar-refractivity contribution < 1.29 is 9.53 Å². The molecule has 0 saturated heterocycles. The van der Waals surface area contributed by atoms with Gasteiger partial charge in [-0.1, -0.05) is 18.2 Å². The Morgan fingerprint density at radius 1 is 1.08 bits per heavy atom. The van der Waals surface area contributed by atoms with Crippen molar-refractivity contribution in [3.05, 3.63) is 47.9 Å². The van der Waals surface area contributed by atoms with E-state index in [2.05, 4.69) is 0 Å². The zero-order chi connectivity index (χ0) is 9.10. The third kappa shape index (κ3) is 1.78. The first-order valence-corrected chi connectivity index (χ1v) is 4.32. The number of benzene rings is 1. The lowest BCUT2D eigenvalue weighted by Crippen LogP contribution is -2.05. The fourth-order valence-corrected chi connectivity index (χ4v) is 1.34. The summed E-state index contributed by atoms with van der Waals surface area (Å²) in [5.74, 6) is 1.25. The van der Waals surface area contributed by atoms with Gasteiger partial charge in [0.2, 0.25) is 0 Å². The highest BCUT2D eigenvalue weighted by atomic mass is 16.4. The second-order valence-corrected chi connectivity index (χ2v) is 3.02. The first-order valence-electron chi connectivity index (χ1n) is 4.32. The molecule has 2 rings (SSSR count). The van der Waals surface area contributed by atoms with Crippen molar-refractivity contribution in [1.82, 2.24) is 0 Å². The topological polar surface area (TPSA) is 31.5 Å². The van der Waals surface area contributed by atoms with Crippen LogP contribution in [0.3, 0.4) is 0 Å². The van der Waals surface area contributed by atoms with Crippen LogP contribution >= 0.6 is 0 Å². The molecule has 1 N–H and O–H groups in total. The van der Waals surface area contributed by atoms with E-state index in [-0.39, 0.29) is 0 Å². The predicted octanol–water partition coefficient (Wildman–Crippen LogP) is 2.60. The molecule has 0 bridgehead atoms. The third-order valence-corrected chi connectivity index (χ3v) is 2.04. The SMILES string of the molecule is OC1=C[O+]=C(c2ccccc2)CC1. The molecule has 0 fully saturated rings. The monoisotopic (exact) mass is 175 g/mol. The van der Waals surface area contributed by atoms with Crippen molar-refractivity contribution >= 4 is 5.78 Å². The van der Waals surface area contributed by atoms with E-state index in [0.29, 0.717) is 12.2 Å². The van der Waals surface area contributed by atoms with Crippen LogP contribution in [-0.2, 0) is 0 Å². The Bertz CT molecular complexity index is 350. The molecular formula is C11H11O2+. The second kappa shape index (κ2) is 3.44. The van der Waals surface area contributed by atoms with Gasteiger partial charge in [-0.05, 0) is 12.1 Å². The predicted molar refractivity (Wildman–Crippen MR) is 50.7 cm³/mol. The van der Waals surface area contributed by atoms with Gasteiger partial charge in [0.05, 0.1) is 12.0 Å². The Labute approximate surface area is 76.8 Å². The minimum atomic E-state index is 0.319. The van der Waals surface area contributed by atoms with Gasteiger partial charge in [0.1, 0.15) is 0 Å². The number of aliphatic hydroxyl groups is 1. The molecule has 0 aromatic heterocycles. The standard InChI is InChI=1S/C11H10O2/c12-10-6-7-11(13-8-10)9-4-2-1-3-5-9/h1-5,8H,6-7H2/p+1. The Hall–Kier alpha value is -1.57. The number of aliphatic hydroxyl groups excluding tert-OH is 1. The van der Waals surface area contributed by atoms with Crippen LogP contribution < -0.4 is 0 Å². The van der Waals surface area contributed by atoms with Gasteiger partial charge in [-0.25, -0.2) is 4.42 Å². The van der Waals surface area contributed by atoms with Crippen LogP contribution in [0.1, 0.15) is 22.8 Å². The number of hydrogen-bond acceptors (Lipinski definition) is 1. The number of rotatable bonds is 1. The Kier molecular flexibility index (Phi) is 2.13. The molecule has 66 valence electrons. The molecule has 1 aromatic rings. The first kappa shape index (κ1) is 8.05. The molecule has 13 heavy (non-hydrogen) atoms. The normalized spacial score (nSPS) is 16.3. The molecule has 0 saturated carbocycles. The van der Waals surface area contributed by atoms with Gasteiger partial charge in [0.25, 0.3) is 0 Å². The maximum Gasteiger partial charge on any atom is 0.355 e. The van der Waals surface area contributed by atoms with Crippen LogP contribution in [0.2, 0.25) is 0 Å². The van der Waals surface area contributed by atoms with Gasteiger partial charge in [-0.3, -0.25) is 0 Å². The van der Waals surface area contributed by atoms with E-state index in [0.717, 1.165) is 17.8 Å². The van der Waals surface area contributed by atoms with Crippen LogP contribution in [0.25, 0.3) is 0 Å². The fourth-order valence-electron chi connectivity index (χ4n) is 1.34. The van der Waals surface area contributed by atoms with Gasteiger partial charge in [0, 0.05) is 6.42 Å². The van der Waals surface area contributed by atoms with Crippen molar-refractivity contribution in [2.45, 2.75) is 12.8 Å². The summed E-state index contributed by atoms with van der Waals surface area (Å²) in [6.45, 7) is 0. The number of ketones is 1. The van der Waals surface area contributed by atoms with Crippen LogP contribution in [0.15, 0.2) is 42.4 Å². The molecule has 1 aromatic carbocycles. The second-order valence-electron chi connectivity index (χ2n) is 3.02. The summed E-state index contributed by atoms with van der Waals surface area (Å²) in [5, 5.41) is 9.10. The highest BCUT2D eigenvalue weighted by Gasteiger charge is 2.20. The van der Waals surface area contributed by atoms with Crippen molar-refractivity contribution in [2.75, 3.05) is 0 Å². The van der Waals surface area contributed by atoms with Gasteiger partial charge < -0.3 is 5.11 Å². The van der Waals surface area contributed by atoms with Gasteiger partial charge in [-0.15, -0.1) is 0 Å². The zero-order valence-electron chi connectivity index (χ0n) is 7.23. The fraction of sp³-hybridized carbons (Fsp3) is 0.182. The zero-order valence-corrected chi connectivity index (χ0v) is 7.23. The summed E-state index contributed by atoms with van der Waals surface area (Å²) < 4.78 is 5.28. The summed E-state index contributed by atoms with van der Waals surface area (Å²) in [5.41, 5.74) is 1.09. The molecule has 1 aliphatic heterocycles. The molecule has 1 aliphatic rings. The van der Waals surface area contributed by atoms with E-state index in [9.17, 15) is 0 Å². The largest absolute Gasteiger partial charge is 0.504 e. The summed E-state index contributed by atoms with van der Waals surface area (Å²) >= 11 is 0. The van der Waals surface area contributed by atoms with E-state index in [1.807, 2.05) is 30.3 Å². The van der Waals surface area contributed by atoms with Crippen molar-refractivity contribution in [3.8, 4) is 0 Å². The highest BCUT2D eigenvalue weighted by Crippen LogP contribution is 2.14. The van der Waals surface area contributed by atoms with Crippen molar-refractivity contribution in [1.29, 1.82) is 0 Å². The molecule has 2 heteroatoms. The van der Waals surface area contributed by atoms with E-state index < -0.39 is 0 Å². The van der Waals surface area contributed by atoms with E-state index >= 15 is 0 Å². The first-order chi connectivity index (χ1) is 6.36. The highest BCUT2D eigenvalue weighted by molar-refractivity contribution is 5.96. The minimum Gasteiger partial charge on any atom is -0.504 e. The average molecular weight is 175 g/mol. The maximum absolute atomic E-state index is 9.10. The van der Waals surface area contributed by atoms with Crippen LogP contribution in [0.4, 0.5) is 0 Å². The number of carbonyl (C=O) groups excluding carboxylic acids is 1. The minimum absolute atomic E-state index is 0.319. The summed E-state index contributed by atoms with van der Waals surface area (Å²) in [7, 11) is 0. The van der Waals surface area contributed by atoms with Crippen molar-refractivity contribution in [3.63, 3.8) is 0 Å². The van der Waals surface area contributed by atoms with Gasteiger partial charge >= 0.3 is 12.0 Å². The molecule has 1 heterocycles. The molecule has 0 unspecified atom stereocenters. The summed E-state index contributed by atoms with van der Waals surface area (Å²) in [4.78, 5) is 0. The van der Waals surface area contributed by atoms with E-state index in [1.165, 1.54) is 6.26 Å². The quantitative estimate of drug-likeness (QED) is 0.653. The smallest absolute Gasteiger partial charge is 0.355 e. The maximum atomic E-state index is 9.10. The molecule has 0 aliphatic carbocycles. The Morgan fingerprint density at radius 2 is 1.85 bits per heavy atom. The average Bonchev–Trinajstić information content (AvgIpc) is 2.20. The van der Waals surface area contributed by atoms with Crippen LogP contribution in [0.5, 0.6) is 0 Å². The number of allylic oxidation sites excluding steroid dienone is 1. The lowest BCUT2D eigenvalue weighted by atomic mass is 10.1. The van der Waals surface area contributed by atoms with Crippen molar-refractivity contribution in [2.24, 2.45) is 0 Å². The molecular weight excluding hydrogens is 164 g/mol. The Morgan fingerprint density at radius 3 is 2.46 bits per heavy atom. The van der Waals surface area contributed by atoms with Gasteiger partial charge in [-0.2, -0.15) is 0 Å². The third-order valence-electron chi connectivity index (χ3n) is 2.04. The summed E-state index contributed by atoms with van der Waals surface area (Å²) in [6.07, 6.45) is 2.85. The van der Waals surface area contributed by atoms with Crippen LogP contribution in [0, 0.1) is 0 Å². The number of hydrogen-bond donors (Lipinski definition) is 1.